The maximum absolute atomic E-state index is 11.4. The van der Waals surface area contributed by atoms with Crippen LogP contribution in [0, 0.1) is 0 Å². The van der Waals surface area contributed by atoms with Gasteiger partial charge in [0.25, 0.3) is 0 Å². The second-order valence-electron chi connectivity index (χ2n) is 4.76. The number of nitrogens with zero attached hydrogens (tertiary/aromatic N) is 1. The van der Waals surface area contributed by atoms with Gasteiger partial charge in [-0.2, -0.15) is 0 Å². The molecule has 1 saturated heterocycles. The highest BCUT2D eigenvalue weighted by Crippen LogP contribution is 2.24. The molecule has 1 aliphatic rings. The van der Waals surface area contributed by atoms with E-state index in [-0.39, 0.29) is 17.4 Å². The molecule has 113 valence electrons. The summed E-state index contributed by atoms with van der Waals surface area (Å²) in [6.45, 7) is 0.905. The van der Waals surface area contributed by atoms with Gasteiger partial charge in [-0.1, -0.05) is 12.2 Å². The lowest BCUT2D eigenvalue weighted by molar-refractivity contribution is 0.0606. The zero-order valence-corrected chi connectivity index (χ0v) is 13.7. The Balaban J connectivity index is 1.92. The van der Waals surface area contributed by atoms with E-state index in [1.54, 1.807) is 20.8 Å². The van der Waals surface area contributed by atoms with E-state index in [2.05, 4.69) is 17.0 Å². The number of allylic oxidation sites excluding steroid dienone is 1. The fourth-order valence-corrected chi connectivity index (χ4v) is 3.54. The number of hydrogen-bond acceptors (Lipinski definition) is 5. The molecule has 0 amide bonds. The molecule has 4 nitrogen and oxygen atoms in total. The highest BCUT2D eigenvalue weighted by Gasteiger charge is 2.31. The Morgan fingerprint density at radius 1 is 1.57 bits per heavy atom. The summed E-state index contributed by atoms with van der Waals surface area (Å²) >= 11 is 7.78. The zero-order chi connectivity index (χ0) is 15.2. The van der Waals surface area contributed by atoms with E-state index in [0.717, 1.165) is 24.3 Å². The van der Waals surface area contributed by atoms with Crippen molar-refractivity contribution in [2.24, 2.45) is 0 Å². The predicted molar refractivity (Wildman–Crippen MR) is 86.0 cm³/mol. The summed E-state index contributed by atoms with van der Waals surface area (Å²) in [6.07, 6.45) is 5.93. The first kappa shape index (κ1) is 16.6. The highest BCUT2D eigenvalue weighted by molar-refractivity contribution is 7.13. The van der Waals surface area contributed by atoms with E-state index in [4.69, 9.17) is 21.0 Å². The minimum atomic E-state index is -0.285. The molecule has 0 bridgehead atoms. The Kier molecular flexibility index (Phi) is 6.30. The first-order valence-electron chi connectivity index (χ1n) is 6.75. The molecule has 1 fully saturated rings. The number of hydrogen-bond donors (Lipinski definition) is 0. The number of rotatable bonds is 6. The third kappa shape index (κ3) is 4.33. The number of methoxy groups -OCH3 is 1. The lowest BCUT2D eigenvalue weighted by Crippen LogP contribution is -2.35. The van der Waals surface area contributed by atoms with Crippen molar-refractivity contribution in [1.82, 2.24) is 4.81 Å². The van der Waals surface area contributed by atoms with Crippen LogP contribution >= 0.6 is 22.9 Å². The summed E-state index contributed by atoms with van der Waals surface area (Å²) in [4.78, 5) is 15.2. The second kappa shape index (κ2) is 7.99. The predicted octanol–water partition coefficient (Wildman–Crippen LogP) is 2.50. The SMILES string of the molecule is CO[B]N1CCC(Cl)[C@@H]1C=CCc1ccc(C(=O)OC)s1. The van der Waals surface area contributed by atoms with Gasteiger partial charge in [0, 0.05) is 18.0 Å². The van der Waals surface area contributed by atoms with E-state index in [1.165, 1.54) is 18.4 Å². The molecular formula is C14H18BClNO3S. The monoisotopic (exact) mass is 326 g/mol. The third-order valence-electron chi connectivity index (χ3n) is 3.36. The van der Waals surface area contributed by atoms with E-state index >= 15 is 0 Å². The summed E-state index contributed by atoms with van der Waals surface area (Å²) < 4.78 is 9.77. The van der Waals surface area contributed by atoms with Crippen LogP contribution in [-0.4, -0.2) is 50.6 Å². The Labute approximate surface area is 135 Å². The van der Waals surface area contributed by atoms with E-state index < -0.39 is 0 Å². The molecule has 2 atom stereocenters. The number of esters is 1. The highest BCUT2D eigenvalue weighted by atomic mass is 35.5. The molecule has 0 N–H and O–H groups in total. The minimum absolute atomic E-state index is 0.0987. The molecule has 1 unspecified atom stereocenters. The van der Waals surface area contributed by atoms with Crippen LogP contribution < -0.4 is 0 Å². The summed E-state index contributed by atoms with van der Waals surface area (Å²) in [5.74, 6) is -0.285. The molecule has 21 heavy (non-hydrogen) atoms. The normalized spacial score (nSPS) is 22.8. The van der Waals surface area contributed by atoms with Crippen molar-refractivity contribution < 1.29 is 14.2 Å². The number of alkyl halides is 1. The maximum atomic E-state index is 11.4. The first-order valence-corrected chi connectivity index (χ1v) is 8.00. The number of halogens is 1. The van der Waals surface area contributed by atoms with Crippen molar-refractivity contribution in [3.05, 3.63) is 34.0 Å². The first-order chi connectivity index (χ1) is 10.2. The quantitative estimate of drug-likeness (QED) is 0.348. The number of ether oxygens (including phenoxy) is 1. The van der Waals surface area contributed by atoms with Crippen LogP contribution in [0.2, 0.25) is 0 Å². The van der Waals surface area contributed by atoms with Crippen molar-refractivity contribution in [3.8, 4) is 0 Å². The van der Waals surface area contributed by atoms with E-state index in [0.29, 0.717) is 4.88 Å². The second-order valence-corrected chi connectivity index (χ2v) is 6.49. The van der Waals surface area contributed by atoms with E-state index in [1.807, 2.05) is 6.07 Å². The molecule has 1 aromatic heterocycles. The smallest absolute Gasteiger partial charge is 0.399 e. The van der Waals surface area contributed by atoms with Gasteiger partial charge < -0.3 is 14.2 Å². The zero-order valence-electron chi connectivity index (χ0n) is 12.1. The summed E-state index contributed by atoms with van der Waals surface area (Å²) in [5, 5.41) is 0.0987. The van der Waals surface area contributed by atoms with Gasteiger partial charge in [-0.05, 0) is 31.5 Å². The molecular weight excluding hydrogens is 308 g/mol. The molecule has 7 heteroatoms. The summed E-state index contributed by atoms with van der Waals surface area (Å²) in [7, 11) is 4.75. The van der Waals surface area contributed by atoms with Crippen molar-refractivity contribution in [3.63, 3.8) is 0 Å². The minimum Gasteiger partial charge on any atom is -0.465 e. The topological polar surface area (TPSA) is 38.8 Å². The number of thiophene rings is 1. The Morgan fingerprint density at radius 2 is 2.38 bits per heavy atom. The molecule has 0 spiro atoms. The lowest BCUT2D eigenvalue weighted by atomic mass is 10.1. The molecule has 1 aromatic rings. The van der Waals surface area contributed by atoms with Gasteiger partial charge in [-0.25, -0.2) is 4.79 Å². The van der Waals surface area contributed by atoms with Crippen LogP contribution in [0.1, 0.15) is 21.0 Å². The maximum Gasteiger partial charge on any atom is 0.399 e. The van der Waals surface area contributed by atoms with Gasteiger partial charge in [0.05, 0.1) is 12.5 Å². The fourth-order valence-electron chi connectivity index (χ4n) is 2.31. The van der Waals surface area contributed by atoms with Gasteiger partial charge in [0.1, 0.15) is 4.88 Å². The Hall–Kier alpha value is -0.815. The van der Waals surface area contributed by atoms with Crippen LogP contribution in [0.15, 0.2) is 24.3 Å². The van der Waals surface area contributed by atoms with Gasteiger partial charge in [-0.3, -0.25) is 0 Å². The molecule has 0 aliphatic carbocycles. The molecule has 1 radical (unpaired) electrons. The molecule has 0 aromatic carbocycles. The van der Waals surface area contributed by atoms with Crippen molar-refractivity contribution in [2.75, 3.05) is 20.8 Å². The van der Waals surface area contributed by atoms with Gasteiger partial charge in [0.15, 0.2) is 0 Å². The third-order valence-corrected chi connectivity index (χ3v) is 4.92. The van der Waals surface area contributed by atoms with Crippen LogP contribution in [0.3, 0.4) is 0 Å². The van der Waals surface area contributed by atoms with Crippen LogP contribution in [0.4, 0.5) is 0 Å². The Morgan fingerprint density at radius 3 is 3.10 bits per heavy atom. The Bertz CT molecular complexity index is 506. The van der Waals surface area contributed by atoms with Crippen LogP contribution in [0.25, 0.3) is 0 Å². The van der Waals surface area contributed by atoms with Crippen LogP contribution in [-0.2, 0) is 15.8 Å². The van der Waals surface area contributed by atoms with Gasteiger partial charge >= 0.3 is 13.6 Å². The number of carbonyl (C=O) groups excluding carboxylic acids is 1. The average Bonchev–Trinajstić information content (AvgIpc) is 3.08. The van der Waals surface area contributed by atoms with Crippen molar-refractivity contribution in [1.29, 1.82) is 0 Å². The average molecular weight is 327 g/mol. The van der Waals surface area contributed by atoms with Gasteiger partial charge in [0.2, 0.25) is 0 Å². The van der Waals surface area contributed by atoms with Crippen molar-refractivity contribution in [2.45, 2.75) is 24.3 Å². The van der Waals surface area contributed by atoms with E-state index in [9.17, 15) is 4.79 Å². The molecule has 2 heterocycles. The number of carbonyl (C=O) groups is 1. The van der Waals surface area contributed by atoms with Crippen molar-refractivity contribution >= 4 is 36.5 Å². The largest absolute Gasteiger partial charge is 0.465 e. The fraction of sp³-hybridized carbons (Fsp3) is 0.500. The van der Waals surface area contributed by atoms with Crippen LogP contribution in [0.5, 0.6) is 0 Å². The molecule has 0 saturated carbocycles. The summed E-state index contributed by atoms with van der Waals surface area (Å²) in [5.41, 5.74) is 0. The molecule has 1 aliphatic heterocycles. The molecule has 2 rings (SSSR count). The van der Waals surface area contributed by atoms with Gasteiger partial charge in [-0.15, -0.1) is 22.9 Å². The standard InChI is InChI=1S/C14H18BClNO3S/c1-19-14(18)13-7-6-10(21-13)4-3-5-12-11(16)8-9-17(12)15-20-2/h3,5-7,11-12H,4,8-9H2,1-2H3/t11?,12-/m0/s1. The lowest BCUT2D eigenvalue weighted by Gasteiger charge is -2.20. The summed E-state index contributed by atoms with van der Waals surface area (Å²) in [6, 6.07) is 3.91.